The third-order valence-electron chi connectivity index (χ3n) is 3.60. The number of benzene rings is 1. The van der Waals surface area contributed by atoms with Gasteiger partial charge in [-0.3, -0.25) is 11.3 Å². The van der Waals surface area contributed by atoms with Crippen molar-refractivity contribution in [3.05, 3.63) is 30.1 Å². The Bertz CT molecular complexity index is 367. The Hall–Kier alpha value is -0.580. The molecule has 0 saturated heterocycles. The lowest BCUT2D eigenvalue weighted by molar-refractivity contribution is 0.415. The highest BCUT2D eigenvalue weighted by Crippen LogP contribution is 2.30. The zero-order valence-corrected chi connectivity index (χ0v) is 11.4. The lowest BCUT2D eigenvalue weighted by Crippen LogP contribution is -2.38. The Kier molecular flexibility index (Phi) is 5.47. The van der Waals surface area contributed by atoms with E-state index in [1.807, 2.05) is 12.1 Å². The molecule has 1 aliphatic carbocycles. The first-order valence-electron chi connectivity index (χ1n) is 6.63. The van der Waals surface area contributed by atoms with E-state index in [1.54, 1.807) is 17.8 Å². The van der Waals surface area contributed by atoms with Crippen LogP contribution in [0, 0.1) is 11.7 Å². The number of rotatable bonds is 6. The number of nitrogens with one attached hydrogen (secondary N) is 1. The first-order chi connectivity index (χ1) is 8.79. The van der Waals surface area contributed by atoms with Gasteiger partial charge in [-0.05, 0) is 24.5 Å². The van der Waals surface area contributed by atoms with Crippen LogP contribution in [0.2, 0.25) is 0 Å². The van der Waals surface area contributed by atoms with Crippen LogP contribution in [0.5, 0.6) is 0 Å². The van der Waals surface area contributed by atoms with Crippen LogP contribution in [0.1, 0.15) is 32.1 Å². The van der Waals surface area contributed by atoms with Gasteiger partial charge in [-0.25, -0.2) is 4.39 Å². The lowest BCUT2D eigenvalue weighted by atomic mass is 10.00. The molecule has 0 heterocycles. The summed E-state index contributed by atoms with van der Waals surface area (Å²) in [5.41, 5.74) is 2.88. The predicted molar refractivity (Wildman–Crippen MR) is 74.8 cm³/mol. The molecule has 1 aromatic rings. The van der Waals surface area contributed by atoms with Crippen LogP contribution in [-0.2, 0) is 0 Å². The molecule has 1 aliphatic rings. The molecule has 0 aromatic heterocycles. The molecule has 1 saturated carbocycles. The average Bonchev–Trinajstić information content (AvgIpc) is 2.89. The smallest absolute Gasteiger partial charge is 0.136 e. The summed E-state index contributed by atoms with van der Waals surface area (Å²) >= 11 is 1.55. The average molecular weight is 268 g/mol. The van der Waals surface area contributed by atoms with Crippen molar-refractivity contribution in [1.29, 1.82) is 0 Å². The second-order valence-corrected chi connectivity index (χ2v) is 6.05. The SMILES string of the molecule is NNC(CSc1ccccc1F)CC1CCCC1. The van der Waals surface area contributed by atoms with Gasteiger partial charge in [0.15, 0.2) is 0 Å². The van der Waals surface area contributed by atoms with E-state index in [0.717, 1.165) is 18.1 Å². The van der Waals surface area contributed by atoms with E-state index in [4.69, 9.17) is 5.84 Å². The molecule has 2 rings (SSSR count). The minimum absolute atomic E-state index is 0.140. The van der Waals surface area contributed by atoms with Gasteiger partial charge in [0.25, 0.3) is 0 Å². The van der Waals surface area contributed by atoms with Crippen molar-refractivity contribution in [3.63, 3.8) is 0 Å². The summed E-state index contributed by atoms with van der Waals surface area (Å²) in [7, 11) is 0. The van der Waals surface area contributed by atoms with Gasteiger partial charge in [-0.1, -0.05) is 37.8 Å². The monoisotopic (exact) mass is 268 g/mol. The molecule has 2 nitrogen and oxygen atoms in total. The zero-order chi connectivity index (χ0) is 12.8. The van der Waals surface area contributed by atoms with Crippen molar-refractivity contribution >= 4 is 11.8 Å². The Morgan fingerprint density at radius 2 is 2.06 bits per heavy atom. The molecule has 100 valence electrons. The summed E-state index contributed by atoms with van der Waals surface area (Å²) in [5.74, 6) is 7.08. The predicted octanol–water partition coefficient (Wildman–Crippen LogP) is 3.33. The maximum absolute atomic E-state index is 13.5. The van der Waals surface area contributed by atoms with Crippen LogP contribution in [0.4, 0.5) is 4.39 Å². The van der Waals surface area contributed by atoms with Crippen molar-refractivity contribution in [2.45, 2.75) is 43.0 Å². The van der Waals surface area contributed by atoms with Gasteiger partial charge in [-0.2, -0.15) is 0 Å². The van der Waals surface area contributed by atoms with Crippen molar-refractivity contribution < 1.29 is 4.39 Å². The van der Waals surface area contributed by atoms with Crippen LogP contribution < -0.4 is 11.3 Å². The standard InChI is InChI=1S/C14H21FN2S/c15-13-7-3-4-8-14(13)18-10-12(17-16)9-11-5-1-2-6-11/h3-4,7-8,11-12,17H,1-2,5-6,9-10,16H2. The summed E-state index contributed by atoms with van der Waals surface area (Å²) in [6.07, 6.45) is 6.45. The van der Waals surface area contributed by atoms with E-state index in [-0.39, 0.29) is 11.9 Å². The fraction of sp³-hybridized carbons (Fsp3) is 0.571. The topological polar surface area (TPSA) is 38.0 Å². The van der Waals surface area contributed by atoms with Gasteiger partial charge in [0.05, 0.1) is 0 Å². The quantitative estimate of drug-likeness (QED) is 0.472. The van der Waals surface area contributed by atoms with Gasteiger partial charge >= 0.3 is 0 Å². The second kappa shape index (κ2) is 7.12. The number of hydrogen-bond donors (Lipinski definition) is 2. The molecule has 0 bridgehead atoms. The van der Waals surface area contributed by atoms with Gasteiger partial charge in [0.2, 0.25) is 0 Å². The largest absolute Gasteiger partial charge is 0.271 e. The van der Waals surface area contributed by atoms with Gasteiger partial charge in [0.1, 0.15) is 5.82 Å². The lowest BCUT2D eigenvalue weighted by Gasteiger charge is -2.19. The summed E-state index contributed by atoms with van der Waals surface area (Å²) in [4.78, 5) is 0.712. The summed E-state index contributed by atoms with van der Waals surface area (Å²) in [6, 6.07) is 7.19. The fourth-order valence-electron chi connectivity index (χ4n) is 2.58. The van der Waals surface area contributed by atoms with E-state index in [0.29, 0.717) is 4.90 Å². The number of halogens is 1. The minimum atomic E-state index is -0.140. The molecule has 1 aromatic carbocycles. The first kappa shape index (κ1) is 13.8. The molecule has 0 radical (unpaired) electrons. The minimum Gasteiger partial charge on any atom is -0.271 e. The Morgan fingerprint density at radius 3 is 2.72 bits per heavy atom. The number of nitrogens with two attached hydrogens (primary N) is 1. The number of hydrogen-bond acceptors (Lipinski definition) is 3. The van der Waals surface area contributed by atoms with E-state index >= 15 is 0 Å². The van der Waals surface area contributed by atoms with Crippen LogP contribution >= 0.6 is 11.8 Å². The molecule has 0 aliphatic heterocycles. The van der Waals surface area contributed by atoms with Gasteiger partial charge < -0.3 is 0 Å². The summed E-state index contributed by atoms with van der Waals surface area (Å²) < 4.78 is 13.5. The van der Waals surface area contributed by atoms with Crippen molar-refractivity contribution in [2.75, 3.05) is 5.75 Å². The van der Waals surface area contributed by atoms with Crippen LogP contribution in [0.3, 0.4) is 0 Å². The maximum atomic E-state index is 13.5. The highest BCUT2D eigenvalue weighted by Gasteiger charge is 2.19. The number of thioether (sulfide) groups is 1. The third-order valence-corrected chi connectivity index (χ3v) is 4.82. The second-order valence-electron chi connectivity index (χ2n) is 4.99. The summed E-state index contributed by atoms with van der Waals surface area (Å²) in [6.45, 7) is 0. The molecule has 4 heteroatoms. The van der Waals surface area contributed by atoms with Crippen molar-refractivity contribution in [1.82, 2.24) is 5.43 Å². The third kappa shape index (κ3) is 3.97. The Balaban J connectivity index is 1.81. The zero-order valence-electron chi connectivity index (χ0n) is 10.6. The van der Waals surface area contributed by atoms with E-state index in [1.165, 1.54) is 31.7 Å². The van der Waals surface area contributed by atoms with Crippen molar-refractivity contribution in [3.8, 4) is 0 Å². The van der Waals surface area contributed by atoms with E-state index < -0.39 is 0 Å². The van der Waals surface area contributed by atoms with E-state index in [2.05, 4.69) is 5.43 Å². The molecule has 1 fully saturated rings. The molecule has 0 spiro atoms. The summed E-state index contributed by atoms with van der Waals surface area (Å²) in [5, 5.41) is 0. The molecule has 1 unspecified atom stereocenters. The van der Waals surface area contributed by atoms with Crippen LogP contribution in [0.15, 0.2) is 29.2 Å². The molecular weight excluding hydrogens is 247 g/mol. The maximum Gasteiger partial charge on any atom is 0.136 e. The fourth-order valence-corrected chi connectivity index (χ4v) is 3.58. The van der Waals surface area contributed by atoms with Crippen LogP contribution in [-0.4, -0.2) is 11.8 Å². The highest BCUT2D eigenvalue weighted by atomic mass is 32.2. The molecule has 3 N–H and O–H groups in total. The van der Waals surface area contributed by atoms with Crippen molar-refractivity contribution in [2.24, 2.45) is 11.8 Å². The molecule has 1 atom stereocenters. The first-order valence-corrected chi connectivity index (χ1v) is 7.61. The van der Waals surface area contributed by atoms with Crippen LogP contribution in [0.25, 0.3) is 0 Å². The molecule has 18 heavy (non-hydrogen) atoms. The molecule has 0 amide bonds. The normalized spacial score (nSPS) is 18.1. The van der Waals surface area contributed by atoms with E-state index in [9.17, 15) is 4.39 Å². The Morgan fingerprint density at radius 1 is 1.33 bits per heavy atom. The number of hydrazine groups is 1. The van der Waals surface area contributed by atoms with Gasteiger partial charge in [0, 0.05) is 16.7 Å². The Labute approximate surface area is 112 Å². The highest BCUT2D eigenvalue weighted by molar-refractivity contribution is 7.99. The molecular formula is C14H21FN2S. The van der Waals surface area contributed by atoms with Gasteiger partial charge in [-0.15, -0.1) is 11.8 Å².